The fourth-order valence-corrected chi connectivity index (χ4v) is 3.33. The second-order valence-electron chi connectivity index (χ2n) is 3.75. The van der Waals surface area contributed by atoms with Gasteiger partial charge in [-0.2, -0.15) is 9.40 Å². The lowest BCUT2D eigenvalue weighted by Gasteiger charge is -2.19. The molecule has 0 aromatic carbocycles. The van der Waals surface area contributed by atoms with Gasteiger partial charge in [-0.25, -0.2) is 8.42 Å². The summed E-state index contributed by atoms with van der Waals surface area (Å²) >= 11 is 0. The van der Waals surface area contributed by atoms with Gasteiger partial charge >= 0.3 is 5.97 Å². The lowest BCUT2D eigenvalue weighted by atomic mass is 10.2. The maximum atomic E-state index is 12.0. The summed E-state index contributed by atoms with van der Waals surface area (Å²) < 4.78 is 24.9. The van der Waals surface area contributed by atoms with Crippen molar-refractivity contribution < 1.29 is 23.4 Å². The van der Waals surface area contributed by atoms with Crippen molar-refractivity contribution in [1.82, 2.24) is 14.5 Å². The highest BCUT2D eigenvalue weighted by Crippen LogP contribution is 2.25. The van der Waals surface area contributed by atoms with Crippen LogP contribution >= 0.6 is 0 Å². The second kappa shape index (κ2) is 4.09. The molecule has 0 bridgehead atoms. The van der Waals surface area contributed by atoms with Gasteiger partial charge in [-0.1, -0.05) is 0 Å². The van der Waals surface area contributed by atoms with Gasteiger partial charge in [0, 0.05) is 19.2 Å². The Bertz CT molecular complexity index is 511. The van der Waals surface area contributed by atoms with Gasteiger partial charge in [0.15, 0.2) is 0 Å². The number of aliphatic carboxylic acids is 1. The van der Waals surface area contributed by atoms with Gasteiger partial charge in [-0.05, 0) is 0 Å². The van der Waals surface area contributed by atoms with E-state index in [2.05, 4.69) is 10.2 Å². The quantitative estimate of drug-likeness (QED) is 0.616. The van der Waals surface area contributed by atoms with E-state index in [0.29, 0.717) is 0 Å². The third-order valence-corrected chi connectivity index (χ3v) is 4.44. The summed E-state index contributed by atoms with van der Waals surface area (Å²) in [6.45, 7) is -0.218. The molecular weight excluding hydrogens is 250 g/mol. The van der Waals surface area contributed by atoms with Crippen molar-refractivity contribution >= 4 is 16.0 Å². The maximum absolute atomic E-state index is 12.0. The van der Waals surface area contributed by atoms with Crippen LogP contribution < -0.4 is 0 Å². The van der Waals surface area contributed by atoms with Crippen molar-refractivity contribution in [1.29, 1.82) is 0 Å². The molecule has 2 heterocycles. The first-order valence-corrected chi connectivity index (χ1v) is 6.28. The zero-order valence-corrected chi connectivity index (χ0v) is 9.46. The van der Waals surface area contributed by atoms with Crippen molar-refractivity contribution in [2.45, 2.75) is 23.5 Å². The van der Waals surface area contributed by atoms with Crippen molar-refractivity contribution in [3.63, 3.8) is 0 Å². The van der Waals surface area contributed by atoms with Gasteiger partial charge in [-0.15, -0.1) is 0 Å². The minimum atomic E-state index is -3.92. The molecule has 3 N–H and O–H groups in total. The summed E-state index contributed by atoms with van der Waals surface area (Å²) in [6.07, 6.45) is 1.20. The molecule has 1 saturated heterocycles. The van der Waals surface area contributed by atoms with Crippen LogP contribution in [-0.4, -0.2) is 57.8 Å². The van der Waals surface area contributed by atoms with Crippen LogP contribution in [0.2, 0.25) is 0 Å². The Hall–Kier alpha value is -1.45. The molecule has 0 aliphatic carbocycles. The van der Waals surface area contributed by atoms with Gasteiger partial charge in [-0.3, -0.25) is 9.89 Å². The average molecular weight is 261 g/mol. The number of β-amino-alcohol motifs (C(OH)–C–C–N with tert-alkyl or cyclic N) is 1. The molecule has 2 rings (SSSR count). The highest BCUT2D eigenvalue weighted by Gasteiger charge is 2.43. The molecule has 0 saturated carbocycles. The molecule has 0 unspecified atom stereocenters. The van der Waals surface area contributed by atoms with Crippen molar-refractivity contribution in [2.24, 2.45) is 0 Å². The maximum Gasteiger partial charge on any atom is 0.322 e. The number of hydrogen-bond donors (Lipinski definition) is 3. The minimum absolute atomic E-state index is 0.105. The molecule has 17 heavy (non-hydrogen) atoms. The number of aliphatic hydroxyl groups excluding tert-OH is 1. The first-order valence-electron chi connectivity index (χ1n) is 4.84. The lowest BCUT2D eigenvalue weighted by Crippen LogP contribution is -2.40. The molecule has 1 aromatic heterocycles. The largest absolute Gasteiger partial charge is 0.480 e. The molecule has 94 valence electrons. The number of rotatable bonds is 3. The number of carboxylic acid groups (broad SMARTS) is 1. The monoisotopic (exact) mass is 261 g/mol. The van der Waals surface area contributed by atoms with Crippen molar-refractivity contribution in [3.05, 3.63) is 12.4 Å². The summed E-state index contributed by atoms with van der Waals surface area (Å²) in [4.78, 5) is 10.8. The first-order chi connectivity index (χ1) is 7.93. The number of aromatic amines is 1. The van der Waals surface area contributed by atoms with E-state index in [1.54, 1.807) is 0 Å². The Morgan fingerprint density at radius 2 is 2.29 bits per heavy atom. The normalized spacial score (nSPS) is 26.2. The van der Waals surface area contributed by atoms with E-state index in [9.17, 15) is 18.3 Å². The fourth-order valence-electron chi connectivity index (χ4n) is 1.79. The molecule has 0 radical (unpaired) electrons. The van der Waals surface area contributed by atoms with Crippen LogP contribution in [-0.2, 0) is 14.8 Å². The number of sulfonamides is 1. The van der Waals surface area contributed by atoms with Gasteiger partial charge < -0.3 is 10.2 Å². The van der Waals surface area contributed by atoms with Gasteiger partial charge in [0.1, 0.15) is 10.9 Å². The van der Waals surface area contributed by atoms with Crippen molar-refractivity contribution in [3.8, 4) is 0 Å². The topological polar surface area (TPSA) is 124 Å². The van der Waals surface area contributed by atoms with Crippen LogP contribution in [0.1, 0.15) is 6.42 Å². The average Bonchev–Trinajstić information content (AvgIpc) is 2.84. The Morgan fingerprint density at radius 3 is 2.82 bits per heavy atom. The molecular formula is C8H11N3O5S. The van der Waals surface area contributed by atoms with Crippen LogP contribution in [0.3, 0.4) is 0 Å². The molecule has 8 nitrogen and oxygen atoms in total. The van der Waals surface area contributed by atoms with E-state index < -0.39 is 28.1 Å². The molecule has 0 spiro atoms. The zero-order valence-electron chi connectivity index (χ0n) is 8.65. The number of carbonyl (C=O) groups is 1. The highest BCUT2D eigenvalue weighted by molar-refractivity contribution is 7.89. The van der Waals surface area contributed by atoms with E-state index in [0.717, 1.165) is 10.5 Å². The van der Waals surface area contributed by atoms with E-state index in [1.165, 1.54) is 6.20 Å². The lowest BCUT2D eigenvalue weighted by molar-refractivity contribution is -0.140. The number of nitrogens with one attached hydrogen (secondary N) is 1. The third-order valence-electron chi connectivity index (χ3n) is 2.60. The van der Waals surface area contributed by atoms with E-state index in [-0.39, 0.29) is 17.9 Å². The molecule has 1 fully saturated rings. The van der Waals surface area contributed by atoms with Gasteiger partial charge in [0.2, 0.25) is 10.0 Å². The summed E-state index contributed by atoms with van der Waals surface area (Å²) in [5, 5.41) is 24.2. The molecule has 1 aliphatic rings. The van der Waals surface area contributed by atoms with Gasteiger partial charge in [0.25, 0.3) is 0 Å². The number of aliphatic hydroxyl groups is 1. The summed E-state index contributed by atoms with van der Waals surface area (Å²) in [5.41, 5.74) is 0. The third kappa shape index (κ3) is 2.04. The van der Waals surface area contributed by atoms with Crippen LogP contribution in [0.15, 0.2) is 17.3 Å². The Morgan fingerprint density at radius 1 is 1.59 bits per heavy atom. The zero-order chi connectivity index (χ0) is 12.6. The Balaban J connectivity index is 2.36. The summed E-state index contributed by atoms with van der Waals surface area (Å²) in [5.74, 6) is -1.27. The predicted octanol–water partition coefficient (Wildman–Crippen LogP) is -1.38. The number of carboxylic acids is 1. The number of nitrogens with zero attached hydrogens (tertiary/aromatic N) is 2. The number of H-pyrrole nitrogens is 1. The number of aromatic nitrogens is 2. The van der Waals surface area contributed by atoms with Crippen LogP contribution in [0, 0.1) is 0 Å². The highest BCUT2D eigenvalue weighted by atomic mass is 32.2. The van der Waals surface area contributed by atoms with E-state index in [1.807, 2.05) is 0 Å². The summed E-state index contributed by atoms with van der Waals surface area (Å²) in [7, 11) is -3.92. The molecule has 0 amide bonds. The van der Waals surface area contributed by atoms with Crippen LogP contribution in [0.5, 0.6) is 0 Å². The smallest absolute Gasteiger partial charge is 0.322 e. The first kappa shape index (κ1) is 12.0. The van der Waals surface area contributed by atoms with Crippen molar-refractivity contribution in [2.75, 3.05) is 6.54 Å². The minimum Gasteiger partial charge on any atom is -0.480 e. The Kier molecular flexibility index (Phi) is 2.89. The second-order valence-corrected chi connectivity index (χ2v) is 5.64. The number of hydrogen-bond acceptors (Lipinski definition) is 5. The SMILES string of the molecule is O=C(O)[C@H]1C[C@@H](O)CN1S(=O)(=O)c1cn[nH]c1. The Labute approximate surface area is 96.9 Å². The van der Waals surface area contributed by atoms with E-state index in [4.69, 9.17) is 5.11 Å². The van der Waals surface area contributed by atoms with Crippen LogP contribution in [0.4, 0.5) is 0 Å². The molecule has 1 aliphatic heterocycles. The van der Waals surface area contributed by atoms with Crippen LogP contribution in [0.25, 0.3) is 0 Å². The molecule has 1 aromatic rings. The van der Waals surface area contributed by atoms with E-state index >= 15 is 0 Å². The predicted molar refractivity (Wildman–Crippen MR) is 54.5 cm³/mol. The molecule has 2 atom stereocenters. The standard InChI is InChI=1S/C8H11N3O5S/c12-5-1-7(8(13)14)11(4-5)17(15,16)6-2-9-10-3-6/h2-3,5,7,12H,1,4H2,(H,9,10)(H,13,14)/t5-,7-/m1/s1. The summed E-state index contributed by atoms with van der Waals surface area (Å²) in [6, 6.07) is -1.23. The van der Waals surface area contributed by atoms with Gasteiger partial charge in [0.05, 0.1) is 12.3 Å². The molecule has 9 heteroatoms. The fraction of sp³-hybridized carbons (Fsp3) is 0.500.